The number of aryl methyl sites for hydroxylation is 1. The molecule has 1 aromatic carbocycles. The molecule has 0 saturated carbocycles. The summed E-state index contributed by atoms with van der Waals surface area (Å²) in [6.07, 6.45) is -0.788. The number of Topliss-reactive ketones (excluding diaryl/α,β-unsaturated/α-hetero) is 2. The Balaban J connectivity index is 2.23. The monoisotopic (exact) mass is 357 g/mol. The van der Waals surface area contributed by atoms with Crippen molar-refractivity contribution in [3.63, 3.8) is 0 Å². The molecular formula is C20H23NO5. The van der Waals surface area contributed by atoms with Crippen LogP contribution in [0.5, 0.6) is 5.75 Å². The van der Waals surface area contributed by atoms with Crippen LogP contribution in [0.25, 0.3) is 0 Å². The van der Waals surface area contributed by atoms with Gasteiger partial charge in [0.2, 0.25) is 5.78 Å². The molecule has 0 radical (unpaired) electrons. The average molecular weight is 357 g/mol. The molecule has 138 valence electrons. The molecule has 2 aromatic rings. The van der Waals surface area contributed by atoms with E-state index < -0.39 is 12.1 Å². The minimum Gasteiger partial charge on any atom is -0.482 e. The lowest BCUT2D eigenvalue weighted by molar-refractivity contribution is 0.0525. The first-order chi connectivity index (χ1) is 12.3. The summed E-state index contributed by atoms with van der Waals surface area (Å²) >= 11 is 0. The number of benzene rings is 1. The summed E-state index contributed by atoms with van der Waals surface area (Å²) < 4.78 is 10.7. The molecule has 0 saturated heterocycles. The van der Waals surface area contributed by atoms with Gasteiger partial charge in [0.1, 0.15) is 5.75 Å². The molecule has 0 fully saturated rings. The van der Waals surface area contributed by atoms with Crippen molar-refractivity contribution in [1.29, 1.82) is 0 Å². The van der Waals surface area contributed by atoms with Crippen LogP contribution >= 0.6 is 0 Å². The smallest absolute Gasteiger partial charge is 0.340 e. The van der Waals surface area contributed by atoms with Crippen molar-refractivity contribution in [2.75, 3.05) is 6.61 Å². The number of carbonyl (C=O) groups is 3. The van der Waals surface area contributed by atoms with Crippen LogP contribution in [0, 0.1) is 13.8 Å². The van der Waals surface area contributed by atoms with Gasteiger partial charge in [0.05, 0.1) is 17.9 Å². The highest BCUT2D eigenvalue weighted by atomic mass is 16.5. The van der Waals surface area contributed by atoms with E-state index in [2.05, 4.69) is 4.98 Å². The summed E-state index contributed by atoms with van der Waals surface area (Å²) in [6, 6.07) is 6.67. The second-order valence-corrected chi connectivity index (χ2v) is 6.05. The van der Waals surface area contributed by atoms with Crippen molar-refractivity contribution < 1.29 is 23.9 Å². The van der Waals surface area contributed by atoms with Crippen LogP contribution in [-0.2, 0) is 4.74 Å². The molecule has 6 nitrogen and oxygen atoms in total. The van der Waals surface area contributed by atoms with Crippen LogP contribution in [0.4, 0.5) is 0 Å². The zero-order valence-electron chi connectivity index (χ0n) is 15.6. The molecule has 1 aromatic heterocycles. The van der Waals surface area contributed by atoms with E-state index in [9.17, 15) is 14.4 Å². The number of nitrogens with one attached hydrogen (secondary N) is 1. The number of hydrogen-bond donors (Lipinski definition) is 1. The lowest BCUT2D eigenvalue weighted by Crippen LogP contribution is -2.25. The fraction of sp³-hybridized carbons (Fsp3) is 0.350. The van der Waals surface area contributed by atoms with Crippen LogP contribution in [-0.4, -0.2) is 35.2 Å². The van der Waals surface area contributed by atoms with Gasteiger partial charge in [-0.25, -0.2) is 4.79 Å². The number of aromatic nitrogens is 1. The number of aromatic amines is 1. The maximum Gasteiger partial charge on any atom is 0.340 e. The first kappa shape index (κ1) is 19.4. The van der Waals surface area contributed by atoms with Gasteiger partial charge in [0, 0.05) is 11.3 Å². The van der Waals surface area contributed by atoms with E-state index in [1.165, 1.54) is 6.92 Å². The maximum atomic E-state index is 12.8. The molecule has 0 aliphatic carbocycles. The molecule has 1 heterocycles. The Morgan fingerprint density at radius 1 is 1.19 bits per heavy atom. The first-order valence-corrected chi connectivity index (χ1v) is 8.44. The van der Waals surface area contributed by atoms with Crippen molar-refractivity contribution in [3.05, 3.63) is 52.3 Å². The highest BCUT2D eigenvalue weighted by molar-refractivity contribution is 6.03. The van der Waals surface area contributed by atoms with Gasteiger partial charge < -0.3 is 14.5 Å². The number of ketones is 2. The summed E-state index contributed by atoms with van der Waals surface area (Å²) in [5.74, 6) is -0.385. The number of hydrogen-bond acceptors (Lipinski definition) is 5. The Morgan fingerprint density at radius 3 is 2.50 bits per heavy atom. The number of rotatable bonds is 7. The lowest BCUT2D eigenvalue weighted by atomic mass is 10.1. The molecule has 0 amide bonds. The van der Waals surface area contributed by atoms with Gasteiger partial charge in [-0.3, -0.25) is 9.59 Å². The average Bonchev–Trinajstić information content (AvgIpc) is 2.89. The predicted molar refractivity (Wildman–Crippen MR) is 97.1 cm³/mol. The van der Waals surface area contributed by atoms with Gasteiger partial charge in [-0.1, -0.05) is 12.1 Å². The van der Waals surface area contributed by atoms with Crippen LogP contribution in [0.3, 0.4) is 0 Å². The van der Waals surface area contributed by atoms with E-state index in [1.807, 2.05) is 0 Å². The Hall–Kier alpha value is -2.89. The molecule has 0 aliphatic heterocycles. The van der Waals surface area contributed by atoms with Crippen LogP contribution in [0.2, 0.25) is 0 Å². The summed E-state index contributed by atoms with van der Waals surface area (Å²) in [6.45, 7) is 8.51. The van der Waals surface area contributed by atoms with Crippen molar-refractivity contribution in [2.24, 2.45) is 0 Å². The van der Waals surface area contributed by atoms with E-state index >= 15 is 0 Å². The third kappa shape index (κ3) is 4.02. The Morgan fingerprint density at radius 2 is 1.88 bits per heavy atom. The van der Waals surface area contributed by atoms with E-state index in [4.69, 9.17) is 9.47 Å². The molecule has 6 heteroatoms. The summed E-state index contributed by atoms with van der Waals surface area (Å²) in [4.78, 5) is 39.3. The van der Waals surface area contributed by atoms with Crippen molar-refractivity contribution in [2.45, 2.75) is 40.7 Å². The second-order valence-electron chi connectivity index (χ2n) is 6.05. The molecule has 0 unspecified atom stereocenters. The summed E-state index contributed by atoms with van der Waals surface area (Å²) in [5.41, 5.74) is 2.33. The van der Waals surface area contributed by atoms with E-state index in [0.29, 0.717) is 33.8 Å². The third-order valence-corrected chi connectivity index (χ3v) is 4.09. The topological polar surface area (TPSA) is 85.5 Å². The van der Waals surface area contributed by atoms with E-state index in [1.54, 1.807) is 52.0 Å². The Bertz CT molecular complexity index is 850. The number of H-pyrrole nitrogens is 1. The van der Waals surface area contributed by atoms with Crippen LogP contribution in [0.1, 0.15) is 63.2 Å². The number of esters is 1. The van der Waals surface area contributed by atoms with Gasteiger partial charge in [-0.2, -0.15) is 0 Å². The summed E-state index contributed by atoms with van der Waals surface area (Å²) in [7, 11) is 0. The fourth-order valence-corrected chi connectivity index (χ4v) is 2.76. The van der Waals surface area contributed by atoms with Gasteiger partial charge in [0.25, 0.3) is 0 Å². The molecular weight excluding hydrogens is 334 g/mol. The fourth-order valence-electron chi connectivity index (χ4n) is 2.76. The van der Waals surface area contributed by atoms with Gasteiger partial charge in [-0.15, -0.1) is 0 Å². The minimum atomic E-state index is -0.788. The SMILES string of the molecule is CCOC(=O)c1c(C)[nH]c(C(=O)[C@H](C)Oc2cccc(C(C)=O)c2)c1C. The second kappa shape index (κ2) is 7.99. The van der Waals surface area contributed by atoms with Gasteiger partial charge >= 0.3 is 5.97 Å². The minimum absolute atomic E-state index is 0.0793. The summed E-state index contributed by atoms with van der Waals surface area (Å²) in [5, 5.41) is 0. The lowest BCUT2D eigenvalue weighted by Gasteiger charge is -2.14. The molecule has 1 atom stereocenters. The zero-order chi connectivity index (χ0) is 19.4. The molecule has 0 bridgehead atoms. The first-order valence-electron chi connectivity index (χ1n) is 8.44. The van der Waals surface area contributed by atoms with Crippen LogP contribution in [0.15, 0.2) is 24.3 Å². The van der Waals surface area contributed by atoms with Gasteiger partial charge in [-0.05, 0) is 52.3 Å². The molecule has 0 aliphatic rings. The van der Waals surface area contributed by atoms with Crippen molar-refractivity contribution in [3.8, 4) is 5.75 Å². The molecule has 0 spiro atoms. The van der Waals surface area contributed by atoms with Crippen molar-refractivity contribution in [1.82, 2.24) is 4.98 Å². The van der Waals surface area contributed by atoms with E-state index in [-0.39, 0.29) is 18.2 Å². The highest BCUT2D eigenvalue weighted by Gasteiger charge is 2.26. The van der Waals surface area contributed by atoms with Crippen molar-refractivity contribution >= 4 is 17.5 Å². The highest BCUT2D eigenvalue weighted by Crippen LogP contribution is 2.22. The van der Waals surface area contributed by atoms with Gasteiger partial charge in [0.15, 0.2) is 11.9 Å². The Kier molecular flexibility index (Phi) is 5.97. The molecule has 2 rings (SSSR count). The quantitative estimate of drug-likeness (QED) is 0.604. The zero-order valence-corrected chi connectivity index (χ0v) is 15.6. The number of carbonyl (C=O) groups excluding carboxylic acids is 3. The third-order valence-electron chi connectivity index (χ3n) is 4.09. The predicted octanol–water partition coefficient (Wildman–Crippen LogP) is 3.66. The van der Waals surface area contributed by atoms with E-state index in [0.717, 1.165) is 0 Å². The van der Waals surface area contributed by atoms with Crippen LogP contribution < -0.4 is 4.74 Å². The largest absolute Gasteiger partial charge is 0.482 e. The number of ether oxygens (including phenoxy) is 2. The normalized spacial score (nSPS) is 11.7. The standard InChI is InChI=1S/C20H23NO5/c1-6-25-20(24)17-11(2)18(21-12(17)3)19(23)14(5)26-16-9-7-8-15(10-16)13(4)22/h7-10,14,21H,6H2,1-5H3/t14-/m0/s1. The molecule has 26 heavy (non-hydrogen) atoms. The molecule has 1 N–H and O–H groups in total. The maximum absolute atomic E-state index is 12.8. The Labute approximate surface area is 152 Å².